The Balaban J connectivity index is 1.75. The van der Waals surface area contributed by atoms with Crippen LogP contribution in [-0.4, -0.2) is 18.6 Å². The molecule has 1 aromatic carbocycles. The SMILES string of the molecule is O=C(COc1ccccc1I)NC1CCCCCCC1. The second kappa shape index (κ2) is 8.49. The van der Waals surface area contributed by atoms with Gasteiger partial charge in [0.25, 0.3) is 5.91 Å². The molecule has 1 aliphatic rings. The van der Waals surface area contributed by atoms with Crippen LogP contribution in [0.4, 0.5) is 0 Å². The zero-order valence-electron chi connectivity index (χ0n) is 11.7. The monoisotopic (exact) mass is 387 g/mol. The highest BCUT2D eigenvalue weighted by atomic mass is 127. The Kier molecular flexibility index (Phi) is 6.63. The molecular formula is C16H22INO2. The molecule has 0 spiro atoms. The molecule has 2 rings (SSSR count). The number of para-hydroxylation sites is 1. The lowest BCUT2D eigenvalue weighted by Crippen LogP contribution is -2.38. The van der Waals surface area contributed by atoms with E-state index in [1.54, 1.807) is 0 Å². The van der Waals surface area contributed by atoms with Crippen LogP contribution >= 0.6 is 22.6 Å². The van der Waals surface area contributed by atoms with E-state index in [2.05, 4.69) is 27.9 Å². The summed E-state index contributed by atoms with van der Waals surface area (Å²) in [6.07, 6.45) is 8.60. The number of hydrogen-bond donors (Lipinski definition) is 1. The van der Waals surface area contributed by atoms with Crippen molar-refractivity contribution in [2.45, 2.75) is 51.0 Å². The van der Waals surface area contributed by atoms with E-state index in [4.69, 9.17) is 4.74 Å². The molecule has 0 aliphatic heterocycles. The average Bonchev–Trinajstić information content (AvgIpc) is 2.41. The van der Waals surface area contributed by atoms with E-state index in [9.17, 15) is 4.79 Å². The molecular weight excluding hydrogens is 365 g/mol. The summed E-state index contributed by atoms with van der Waals surface area (Å²) in [6, 6.07) is 8.09. The van der Waals surface area contributed by atoms with Crippen molar-refractivity contribution in [1.29, 1.82) is 0 Å². The molecule has 0 radical (unpaired) electrons. The number of carbonyl (C=O) groups is 1. The zero-order chi connectivity index (χ0) is 14.2. The van der Waals surface area contributed by atoms with E-state index in [-0.39, 0.29) is 12.5 Å². The first kappa shape index (κ1) is 15.6. The second-order valence-corrected chi connectivity index (χ2v) is 6.49. The Morgan fingerprint density at radius 3 is 2.50 bits per heavy atom. The van der Waals surface area contributed by atoms with Gasteiger partial charge in [0.1, 0.15) is 5.75 Å². The molecule has 0 aromatic heterocycles. The van der Waals surface area contributed by atoms with Crippen LogP contribution < -0.4 is 10.1 Å². The first-order valence-corrected chi connectivity index (χ1v) is 8.50. The molecule has 110 valence electrons. The van der Waals surface area contributed by atoms with Gasteiger partial charge in [-0.05, 0) is 47.6 Å². The highest BCUT2D eigenvalue weighted by molar-refractivity contribution is 14.1. The van der Waals surface area contributed by atoms with Gasteiger partial charge in [0.05, 0.1) is 3.57 Å². The smallest absolute Gasteiger partial charge is 0.258 e. The quantitative estimate of drug-likeness (QED) is 0.796. The van der Waals surface area contributed by atoms with Crippen LogP contribution in [0.15, 0.2) is 24.3 Å². The first-order valence-electron chi connectivity index (χ1n) is 7.42. The van der Waals surface area contributed by atoms with Crippen molar-refractivity contribution in [2.24, 2.45) is 0 Å². The number of carbonyl (C=O) groups excluding carboxylic acids is 1. The summed E-state index contributed by atoms with van der Waals surface area (Å²) in [5.74, 6) is 0.774. The fraction of sp³-hybridized carbons (Fsp3) is 0.562. The second-order valence-electron chi connectivity index (χ2n) is 5.33. The average molecular weight is 387 g/mol. The van der Waals surface area contributed by atoms with Crippen LogP contribution in [0, 0.1) is 3.57 Å². The van der Waals surface area contributed by atoms with E-state index < -0.39 is 0 Å². The van der Waals surface area contributed by atoms with E-state index in [0.29, 0.717) is 6.04 Å². The van der Waals surface area contributed by atoms with Gasteiger partial charge in [0, 0.05) is 6.04 Å². The Morgan fingerprint density at radius 2 is 1.80 bits per heavy atom. The molecule has 3 nitrogen and oxygen atoms in total. The molecule has 0 heterocycles. The first-order chi connectivity index (χ1) is 9.75. The van der Waals surface area contributed by atoms with Gasteiger partial charge < -0.3 is 10.1 Å². The number of nitrogens with one attached hydrogen (secondary N) is 1. The summed E-state index contributed by atoms with van der Waals surface area (Å²) in [6.45, 7) is 0.108. The minimum Gasteiger partial charge on any atom is -0.483 e. The van der Waals surface area contributed by atoms with Crippen molar-refractivity contribution in [1.82, 2.24) is 5.32 Å². The number of hydrogen-bond acceptors (Lipinski definition) is 2. The Bertz CT molecular complexity index is 428. The summed E-state index contributed by atoms with van der Waals surface area (Å²) < 4.78 is 6.61. The third-order valence-electron chi connectivity index (χ3n) is 3.67. The lowest BCUT2D eigenvalue weighted by molar-refractivity contribution is -0.123. The van der Waals surface area contributed by atoms with Gasteiger partial charge in [0.2, 0.25) is 0 Å². The molecule has 1 aliphatic carbocycles. The molecule has 4 heteroatoms. The molecule has 0 atom stereocenters. The lowest BCUT2D eigenvalue weighted by Gasteiger charge is -2.21. The summed E-state index contributed by atoms with van der Waals surface area (Å²) in [4.78, 5) is 12.0. The normalized spacial score (nSPS) is 17.1. The third kappa shape index (κ3) is 5.31. The van der Waals surface area contributed by atoms with Crippen LogP contribution in [0.3, 0.4) is 0 Å². The van der Waals surface area contributed by atoms with E-state index in [0.717, 1.165) is 22.2 Å². The van der Waals surface area contributed by atoms with Crippen LogP contribution in [0.25, 0.3) is 0 Å². The molecule has 0 saturated heterocycles. The third-order valence-corrected chi connectivity index (χ3v) is 4.56. The van der Waals surface area contributed by atoms with Crippen molar-refractivity contribution in [3.63, 3.8) is 0 Å². The predicted molar refractivity (Wildman–Crippen MR) is 88.9 cm³/mol. The van der Waals surface area contributed by atoms with E-state index in [1.807, 2.05) is 24.3 Å². The Hall–Kier alpha value is -0.780. The number of amides is 1. The van der Waals surface area contributed by atoms with Crippen LogP contribution in [0.1, 0.15) is 44.9 Å². The van der Waals surface area contributed by atoms with E-state index in [1.165, 1.54) is 32.1 Å². The van der Waals surface area contributed by atoms with Gasteiger partial charge in [-0.2, -0.15) is 0 Å². The minimum atomic E-state index is -0.00442. The van der Waals surface area contributed by atoms with Crippen molar-refractivity contribution in [3.05, 3.63) is 27.8 Å². The number of benzene rings is 1. The molecule has 1 N–H and O–H groups in total. The van der Waals surface area contributed by atoms with Gasteiger partial charge in [-0.15, -0.1) is 0 Å². The minimum absolute atomic E-state index is 0.00442. The fourth-order valence-corrected chi connectivity index (χ4v) is 3.12. The molecule has 20 heavy (non-hydrogen) atoms. The zero-order valence-corrected chi connectivity index (χ0v) is 13.9. The molecule has 1 amide bonds. The summed E-state index contributed by atoms with van der Waals surface area (Å²) in [5.41, 5.74) is 0. The Morgan fingerprint density at radius 1 is 1.15 bits per heavy atom. The van der Waals surface area contributed by atoms with Crippen molar-refractivity contribution in [2.75, 3.05) is 6.61 Å². The summed E-state index contributed by atoms with van der Waals surface area (Å²) >= 11 is 2.22. The van der Waals surface area contributed by atoms with Crippen LogP contribution in [0.5, 0.6) is 5.75 Å². The maximum absolute atomic E-state index is 12.0. The highest BCUT2D eigenvalue weighted by Crippen LogP contribution is 2.20. The number of halogens is 1. The highest BCUT2D eigenvalue weighted by Gasteiger charge is 2.14. The molecule has 1 aromatic rings. The topological polar surface area (TPSA) is 38.3 Å². The van der Waals surface area contributed by atoms with Gasteiger partial charge in [0.15, 0.2) is 6.61 Å². The number of rotatable bonds is 4. The van der Waals surface area contributed by atoms with Gasteiger partial charge in [-0.25, -0.2) is 0 Å². The predicted octanol–water partition coefficient (Wildman–Crippen LogP) is 3.90. The van der Waals surface area contributed by atoms with Crippen LogP contribution in [0.2, 0.25) is 0 Å². The van der Waals surface area contributed by atoms with Gasteiger partial charge >= 0.3 is 0 Å². The van der Waals surface area contributed by atoms with Crippen LogP contribution in [-0.2, 0) is 4.79 Å². The summed E-state index contributed by atoms with van der Waals surface area (Å²) in [7, 11) is 0. The van der Waals surface area contributed by atoms with Gasteiger partial charge in [-0.1, -0.05) is 44.2 Å². The summed E-state index contributed by atoms with van der Waals surface area (Å²) in [5, 5.41) is 3.11. The van der Waals surface area contributed by atoms with Crippen molar-refractivity contribution in [3.8, 4) is 5.75 Å². The van der Waals surface area contributed by atoms with Crippen molar-refractivity contribution >= 4 is 28.5 Å². The van der Waals surface area contributed by atoms with Crippen molar-refractivity contribution < 1.29 is 9.53 Å². The standard InChI is InChI=1S/C16H22INO2/c17-14-10-6-7-11-15(14)20-12-16(19)18-13-8-4-2-1-3-5-9-13/h6-7,10-11,13H,1-5,8-9,12H2,(H,18,19). The molecule has 0 bridgehead atoms. The largest absolute Gasteiger partial charge is 0.483 e. The van der Waals surface area contributed by atoms with Gasteiger partial charge in [-0.3, -0.25) is 4.79 Å². The molecule has 0 unspecified atom stereocenters. The number of ether oxygens (including phenoxy) is 1. The lowest BCUT2D eigenvalue weighted by atomic mass is 9.97. The maximum atomic E-state index is 12.0. The fourth-order valence-electron chi connectivity index (χ4n) is 2.57. The Labute approximate surface area is 134 Å². The molecule has 1 fully saturated rings. The molecule has 1 saturated carbocycles. The maximum Gasteiger partial charge on any atom is 0.258 e. The van der Waals surface area contributed by atoms with E-state index >= 15 is 0 Å².